The van der Waals surface area contributed by atoms with Crippen LogP contribution in [0.15, 0.2) is 46.9 Å². The molecule has 0 amide bonds. The van der Waals surface area contributed by atoms with Crippen LogP contribution in [0.25, 0.3) is 11.6 Å². The molecule has 0 spiro atoms. The molecule has 29 heavy (non-hydrogen) atoms. The van der Waals surface area contributed by atoms with Gasteiger partial charge in [-0.1, -0.05) is 6.07 Å². The van der Waals surface area contributed by atoms with Crippen LogP contribution in [0.3, 0.4) is 0 Å². The Labute approximate surface area is 161 Å². The minimum absolute atomic E-state index is 0.0408. The summed E-state index contributed by atoms with van der Waals surface area (Å²) < 4.78 is 60.0. The van der Waals surface area contributed by atoms with Gasteiger partial charge in [0, 0.05) is 0 Å². The average molecular weight is 401 g/mol. The van der Waals surface area contributed by atoms with Crippen molar-refractivity contribution in [3.63, 3.8) is 0 Å². The van der Waals surface area contributed by atoms with Crippen LogP contribution in [0.4, 0.5) is 17.6 Å². The number of furan rings is 1. The number of hydrogen-bond acceptors (Lipinski definition) is 4. The van der Waals surface area contributed by atoms with Crippen LogP contribution in [0, 0.1) is 17.1 Å². The summed E-state index contributed by atoms with van der Waals surface area (Å²) in [5, 5.41) is 28.3. The number of nitriles is 1. The van der Waals surface area contributed by atoms with Gasteiger partial charge in [-0.15, -0.1) is 0 Å². The maximum absolute atomic E-state index is 13.9. The number of nitrogens with zero attached hydrogens (tertiary/aromatic N) is 1. The highest BCUT2D eigenvalue weighted by atomic mass is 19.4. The molecule has 0 fully saturated rings. The normalized spacial score (nSPS) is 15.7. The van der Waals surface area contributed by atoms with Gasteiger partial charge in [0.2, 0.25) is 5.76 Å². The molecular formula is C21H11F4NO3. The number of rotatable bonds is 2. The lowest BCUT2D eigenvalue weighted by atomic mass is 9.88. The van der Waals surface area contributed by atoms with Crippen molar-refractivity contribution < 1.29 is 32.2 Å². The van der Waals surface area contributed by atoms with E-state index in [2.05, 4.69) is 0 Å². The minimum Gasteiger partial charge on any atom is -0.508 e. The quantitative estimate of drug-likeness (QED) is 0.563. The predicted octanol–water partition coefficient (Wildman–Crippen LogP) is 5.41. The molecule has 3 aromatic rings. The van der Waals surface area contributed by atoms with Crippen LogP contribution < -0.4 is 0 Å². The number of phenolic OH excluding ortho intramolecular Hbond substituents is 2. The van der Waals surface area contributed by atoms with Gasteiger partial charge < -0.3 is 14.6 Å². The van der Waals surface area contributed by atoms with Crippen molar-refractivity contribution in [2.45, 2.75) is 12.1 Å². The number of fused-ring (bicyclic) bond motifs is 1. The topological polar surface area (TPSA) is 77.4 Å². The first-order chi connectivity index (χ1) is 13.7. The Morgan fingerprint density at radius 2 is 1.79 bits per heavy atom. The zero-order valence-corrected chi connectivity index (χ0v) is 14.5. The van der Waals surface area contributed by atoms with Crippen molar-refractivity contribution in [2.75, 3.05) is 0 Å². The Morgan fingerprint density at radius 1 is 1.03 bits per heavy atom. The van der Waals surface area contributed by atoms with E-state index in [4.69, 9.17) is 9.68 Å². The van der Waals surface area contributed by atoms with Gasteiger partial charge >= 0.3 is 6.18 Å². The SMILES string of the molecule is N#Cc1ccc(C2C(c3ccc(O)c(F)c3)=Cc3c2cc(O)cc3C(F)(F)F)o1. The lowest BCUT2D eigenvalue weighted by Gasteiger charge is -2.17. The molecule has 1 aliphatic rings. The molecular weight excluding hydrogens is 390 g/mol. The van der Waals surface area contributed by atoms with Crippen LogP contribution >= 0.6 is 0 Å². The van der Waals surface area contributed by atoms with Gasteiger partial charge in [-0.25, -0.2) is 4.39 Å². The van der Waals surface area contributed by atoms with Crippen molar-refractivity contribution >= 4 is 11.6 Å². The molecule has 1 atom stereocenters. The lowest BCUT2D eigenvalue weighted by molar-refractivity contribution is -0.137. The summed E-state index contributed by atoms with van der Waals surface area (Å²) in [5.41, 5.74) is -0.616. The second kappa shape index (κ2) is 6.41. The Bertz CT molecular complexity index is 1200. The molecule has 0 saturated heterocycles. The number of hydrogen-bond donors (Lipinski definition) is 2. The highest BCUT2D eigenvalue weighted by Crippen LogP contribution is 2.51. The summed E-state index contributed by atoms with van der Waals surface area (Å²) in [6, 6.07) is 9.89. The number of halogens is 4. The van der Waals surface area contributed by atoms with Crippen LogP contribution in [-0.4, -0.2) is 10.2 Å². The first kappa shape index (κ1) is 18.6. The molecule has 0 radical (unpaired) electrons. The zero-order chi connectivity index (χ0) is 20.9. The molecule has 4 rings (SSSR count). The molecule has 0 aliphatic heterocycles. The van der Waals surface area contributed by atoms with Crippen molar-refractivity contribution in [2.24, 2.45) is 0 Å². The second-order valence-electron chi connectivity index (χ2n) is 6.51. The van der Waals surface area contributed by atoms with E-state index in [1.165, 1.54) is 30.3 Å². The summed E-state index contributed by atoms with van der Waals surface area (Å²) in [6.07, 6.45) is -3.48. The van der Waals surface area contributed by atoms with E-state index < -0.39 is 35.0 Å². The van der Waals surface area contributed by atoms with E-state index in [0.29, 0.717) is 6.07 Å². The molecule has 1 unspecified atom stereocenters. The molecule has 146 valence electrons. The molecule has 4 nitrogen and oxygen atoms in total. The van der Waals surface area contributed by atoms with Crippen molar-refractivity contribution in [3.8, 4) is 17.6 Å². The fraction of sp³-hybridized carbons (Fsp3) is 0.0952. The van der Waals surface area contributed by atoms with E-state index in [1.807, 2.05) is 0 Å². The van der Waals surface area contributed by atoms with Gasteiger partial charge in [0.05, 0.1) is 11.5 Å². The second-order valence-corrected chi connectivity index (χ2v) is 6.51. The van der Waals surface area contributed by atoms with E-state index in [0.717, 1.165) is 12.1 Å². The third-order valence-corrected chi connectivity index (χ3v) is 4.73. The highest BCUT2D eigenvalue weighted by Gasteiger charge is 2.40. The van der Waals surface area contributed by atoms with Gasteiger partial charge in [0.15, 0.2) is 11.6 Å². The smallest absolute Gasteiger partial charge is 0.417 e. The number of allylic oxidation sites excluding steroid dienone is 1. The first-order valence-corrected chi connectivity index (χ1v) is 8.33. The summed E-state index contributed by atoms with van der Waals surface area (Å²) in [4.78, 5) is 0. The first-order valence-electron chi connectivity index (χ1n) is 8.33. The van der Waals surface area contributed by atoms with Crippen molar-refractivity contribution in [3.05, 3.63) is 82.1 Å². The van der Waals surface area contributed by atoms with Crippen LogP contribution in [-0.2, 0) is 6.18 Å². The molecule has 1 heterocycles. The van der Waals surface area contributed by atoms with E-state index >= 15 is 0 Å². The summed E-state index contributed by atoms with van der Waals surface area (Å²) in [6.45, 7) is 0. The Hall–Kier alpha value is -3.73. The minimum atomic E-state index is -4.74. The Morgan fingerprint density at radius 3 is 2.41 bits per heavy atom. The molecule has 1 aromatic heterocycles. The van der Waals surface area contributed by atoms with Gasteiger partial charge in [-0.2, -0.15) is 18.4 Å². The van der Waals surface area contributed by atoms with E-state index in [9.17, 15) is 27.8 Å². The highest BCUT2D eigenvalue weighted by molar-refractivity contribution is 5.94. The predicted molar refractivity (Wildman–Crippen MR) is 94.3 cm³/mol. The lowest BCUT2D eigenvalue weighted by Crippen LogP contribution is -2.09. The third-order valence-electron chi connectivity index (χ3n) is 4.73. The summed E-state index contributed by atoms with van der Waals surface area (Å²) in [5.74, 6) is -2.91. The van der Waals surface area contributed by atoms with Crippen LogP contribution in [0.2, 0.25) is 0 Å². The Balaban J connectivity index is 1.99. The number of aromatic hydroxyl groups is 2. The zero-order valence-electron chi connectivity index (χ0n) is 14.5. The maximum atomic E-state index is 13.9. The number of phenols is 2. The summed E-state index contributed by atoms with van der Waals surface area (Å²) in [7, 11) is 0. The van der Waals surface area contributed by atoms with E-state index in [1.54, 1.807) is 6.07 Å². The number of alkyl halides is 3. The average Bonchev–Trinajstić information content (AvgIpc) is 3.26. The molecule has 0 saturated carbocycles. The maximum Gasteiger partial charge on any atom is 0.417 e. The fourth-order valence-corrected chi connectivity index (χ4v) is 3.51. The van der Waals surface area contributed by atoms with Crippen LogP contribution in [0.5, 0.6) is 11.5 Å². The standard InChI is InChI=1S/C21H11F4NO3/c22-17-5-10(1-3-18(17)28)13-8-14-15(6-11(27)7-16(14)21(23,24)25)20(13)19-4-2-12(9-26)29-19/h1-8,20,27-28H. The third kappa shape index (κ3) is 3.10. The number of benzene rings is 2. The van der Waals surface area contributed by atoms with Gasteiger partial charge in [0.25, 0.3) is 0 Å². The molecule has 1 aliphatic carbocycles. The largest absolute Gasteiger partial charge is 0.508 e. The van der Waals surface area contributed by atoms with Crippen molar-refractivity contribution in [1.29, 1.82) is 5.26 Å². The molecule has 2 aromatic carbocycles. The van der Waals surface area contributed by atoms with Gasteiger partial charge in [-0.3, -0.25) is 0 Å². The molecule has 8 heteroatoms. The fourth-order valence-electron chi connectivity index (χ4n) is 3.51. The van der Waals surface area contributed by atoms with Crippen molar-refractivity contribution in [1.82, 2.24) is 0 Å². The molecule has 2 N–H and O–H groups in total. The monoisotopic (exact) mass is 401 g/mol. The summed E-state index contributed by atoms with van der Waals surface area (Å²) >= 11 is 0. The molecule has 0 bridgehead atoms. The van der Waals surface area contributed by atoms with E-state index in [-0.39, 0.29) is 33.8 Å². The Kier molecular flexibility index (Phi) is 4.12. The van der Waals surface area contributed by atoms with Gasteiger partial charge in [0.1, 0.15) is 17.6 Å². The van der Waals surface area contributed by atoms with Crippen LogP contribution in [0.1, 0.15) is 39.7 Å². The van der Waals surface area contributed by atoms with Gasteiger partial charge in [-0.05, 0) is 64.7 Å².